The second-order valence-electron chi connectivity index (χ2n) is 9.71. The summed E-state index contributed by atoms with van der Waals surface area (Å²) in [6.07, 6.45) is -0.627. The number of piperidine rings is 1. The molecule has 0 bridgehead atoms. The molecule has 3 amide bonds. The summed E-state index contributed by atoms with van der Waals surface area (Å²) in [6.45, 7) is 0.638. The van der Waals surface area contributed by atoms with Crippen molar-refractivity contribution in [3.63, 3.8) is 0 Å². The number of hydrogen-bond acceptors (Lipinski definition) is 14. The minimum Gasteiger partial charge on any atom is -0.504 e. The molecule has 3 heterocycles. The fourth-order valence-corrected chi connectivity index (χ4v) is 5.01. The molecule has 0 spiro atoms. The highest BCUT2D eigenvalue weighted by Gasteiger charge is 2.52. The lowest BCUT2D eigenvalue weighted by molar-refractivity contribution is -0.168. The van der Waals surface area contributed by atoms with Crippen molar-refractivity contribution in [1.29, 1.82) is 0 Å². The number of rotatable bonds is 6. The van der Waals surface area contributed by atoms with Crippen LogP contribution in [0.2, 0.25) is 0 Å². The molecule has 0 aliphatic carbocycles. The molecule has 9 N–H and O–H groups in total. The van der Waals surface area contributed by atoms with Gasteiger partial charge < -0.3 is 50.3 Å². The van der Waals surface area contributed by atoms with Crippen LogP contribution in [0.1, 0.15) is 39.9 Å². The minimum atomic E-state index is -2.39. The molecular weight excluding hydrogens is 562 g/mol. The molecule has 16 nitrogen and oxygen atoms in total. The number of aliphatic hydroxyl groups is 2. The highest BCUT2D eigenvalue weighted by atomic mass is 16.5. The molecule has 16 heteroatoms. The Morgan fingerprint density at radius 1 is 0.929 bits per heavy atom. The Labute approximate surface area is 238 Å². The number of imide groups is 1. The first-order valence-corrected chi connectivity index (χ1v) is 12.8. The normalized spacial score (nSPS) is 20.5. The number of phenolic OH excluding ortho intramolecular Hbond substituents is 6. The van der Waals surface area contributed by atoms with Gasteiger partial charge in [0.05, 0.1) is 36.4 Å². The average molecular weight is 594 g/mol. The van der Waals surface area contributed by atoms with E-state index in [0.29, 0.717) is 26.3 Å². The van der Waals surface area contributed by atoms with E-state index in [1.165, 1.54) is 0 Å². The van der Waals surface area contributed by atoms with Gasteiger partial charge in [0.1, 0.15) is 6.61 Å². The van der Waals surface area contributed by atoms with Crippen molar-refractivity contribution >= 4 is 17.7 Å². The molecule has 0 saturated carbocycles. The third-order valence-corrected chi connectivity index (χ3v) is 7.33. The highest BCUT2D eigenvalue weighted by molar-refractivity contribution is 6.07. The van der Waals surface area contributed by atoms with Gasteiger partial charge in [-0.25, -0.2) is 0 Å². The van der Waals surface area contributed by atoms with E-state index in [1.807, 2.05) is 10.2 Å². The van der Waals surface area contributed by atoms with Gasteiger partial charge in [-0.05, 0) is 6.07 Å². The zero-order valence-corrected chi connectivity index (χ0v) is 22.5. The molecule has 1 atom stereocenters. The molecule has 3 aliphatic heterocycles. The summed E-state index contributed by atoms with van der Waals surface area (Å²) in [6, 6.07) is 0.919. The summed E-state index contributed by atoms with van der Waals surface area (Å²) < 4.78 is 10.8. The predicted octanol–water partition coefficient (Wildman–Crippen LogP) is -0.979. The lowest BCUT2D eigenvalue weighted by Crippen LogP contribution is -2.63. The Kier molecular flexibility index (Phi) is 8.53. The van der Waals surface area contributed by atoms with Gasteiger partial charge in [0.25, 0.3) is 11.8 Å². The van der Waals surface area contributed by atoms with Crippen LogP contribution in [0.5, 0.6) is 40.2 Å². The third-order valence-electron chi connectivity index (χ3n) is 7.33. The summed E-state index contributed by atoms with van der Waals surface area (Å²) in [5.41, 5.74) is -3.24. The van der Waals surface area contributed by atoms with Crippen molar-refractivity contribution in [1.82, 2.24) is 15.1 Å². The molecule has 2 fully saturated rings. The lowest BCUT2D eigenvalue weighted by Gasteiger charge is -2.37. The monoisotopic (exact) mass is 593 g/mol. The molecular formula is C26H31N3O13. The summed E-state index contributed by atoms with van der Waals surface area (Å²) in [5, 5.41) is 83.1. The maximum Gasteiger partial charge on any atom is 0.279 e. The van der Waals surface area contributed by atoms with Crippen LogP contribution in [0.15, 0.2) is 6.07 Å². The van der Waals surface area contributed by atoms with Crippen molar-refractivity contribution in [3.05, 3.63) is 28.3 Å². The quantitative estimate of drug-likeness (QED) is 0.111. The first kappa shape index (κ1) is 30.4. The Morgan fingerprint density at radius 2 is 1.52 bits per heavy atom. The summed E-state index contributed by atoms with van der Waals surface area (Å²) >= 11 is 0. The Bertz CT molecular complexity index is 1390. The van der Waals surface area contributed by atoms with Crippen LogP contribution in [0, 0.1) is 0 Å². The van der Waals surface area contributed by atoms with Gasteiger partial charge in [0.2, 0.25) is 17.4 Å². The average Bonchev–Trinajstić information content (AvgIpc) is 3.31. The molecule has 2 aromatic rings. The topological polar surface area (TPSA) is 250 Å². The number of aromatic hydroxyl groups is 6. The first-order valence-electron chi connectivity index (χ1n) is 12.8. The van der Waals surface area contributed by atoms with Crippen LogP contribution in [0.4, 0.5) is 0 Å². The van der Waals surface area contributed by atoms with E-state index in [-0.39, 0.29) is 36.1 Å². The number of morpholine rings is 1. The van der Waals surface area contributed by atoms with Crippen molar-refractivity contribution in [2.45, 2.75) is 38.3 Å². The lowest BCUT2D eigenvalue weighted by atomic mass is 10.00. The number of aliphatic hydroxyl groups excluding tert-OH is 1. The number of phenols is 6. The van der Waals surface area contributed by atoms with Crippen molar-refractivity contribution < 1.29 is 64.7 Å². The van der Waals surface area contributed by atoms with Gasteiger partial charge >= 0.3 is 0 Å². The number of hydrogen-bond donors (Lipinski definition) is 9. The Morgan fingerprint density at radius 3 is 2.12 bits per heavy atom. The number of benzene rings is 2. The van der Waals surface area contributed by atoms with Crippen LogP contribution in [0.3, 0.4) is 0 Å². The maximum atomic E-state index is 13.1. The smallest absolute Gasteiger partial charge is 0.279 e. The summed E-state index contributed by atoms with van der Waals surface area (Å²) in [7, 11) is 1.00. The molecule has 2 aromatic carbocycles. The number of carbonyl (C=O) groups is 3. The fraction of sp³-hybridized carbons (Fsp3) is 0.423. The molecule has 3 aliphatic rings. The summed E-state index contributed by atoms with van der Waals surface area (Å²) in [4.78, 5) is 39.7. The van der Waals surface area contributed by atoms with Crippen LogP contribution >= 0.6 is 0 Å². The van der Waals surface area contributed by atoms with Gasteiger partial charge in [0.15, 0.2) is 34.5 Å². The van der Waals surface area contributed by atoms with E-state index in [0.717, 1.165) is 18.1 Å². The number of nitrogens with one attached hydrogen (secondary N) is 1. The third kappa shape index (κ3) is 5.16. The van der Waals surface area contributed by atoms with E-state index >= 15 is 0 Å². The second kappa shape index (κ2) is 11.8. The molecule has 1 unspecified atom stereocenters. The Hall–Kier alpha value is -4.51. The zero-order chi connectivity index (χ0) is 30.9. The van der Waals surface area contributed by atoms with E-state index in [9.17, 15) is 50.1 Å². The van der Waals surface area contributed by atoms with Gasteiger partial charge in [-0.15, -0.1) is 0 Å². The number of ether oxygens (including phenoxy) is 2. The molecule has 0 radical (unpaired) electrons. The number of nitrogens with zero attached hydrogens (tertiary/aromatic N) is 2. The van der Waals surface area contributed by atoms with Crippen LogP contribution in [0.25, 0.3) is 0 Å². The van der Waals surface area contributed by atoms with Crippen LogP contribution < -0.4 is 10.1 Å². The predicted molar refractivity (Wildman–Crippen MR) is 139 cm³/mol. The van der Waals surface area contributed by atoms with E-state index < -0.39 is 82.4 Å². The number of fused-ring (bicyclic) bond motifs is 1. The largest absolute Gasteiger partial charge is 0.504 e. The highest BCUT2D eigenvalue weighted by Crippen LogP contribution is 2.49. The standard InChI is InChI=1S/C25H27N3O12.CH4O/c29-15-7-11-12(9-28(23(11)36)25(38)2-1-16(30)26-24(25)37)22(21(15)35)40-10-14-19(33)17(31)13(18(32)20(14)34)8-27-3-5-39-6-4-27;1-2/h7,29,31-35,38H,1-6,8-10H2,(H,26,30,37);2H,1H3. The maximum absolute atomic E-state index is 13.1. The van der Waals surface area contributed by atoms with Crippen molar-refractivity contribution in [3.8, 4) is 40.2 Å². The van der Waals surface area contributed by atoms with Gasteiger partial charge in [-0.2, -0.15) is 0 Å². The van der Waals surface area contributed by atoms with Gasteiger partial charge in [0, 0.05) is 45.1 Å². The second-order valence-corrected chi connectivity index (χ2v) is 9.71. The number of carbonyl (C=O) groups excluding carboxylic acids is 3. The molecule has 2 saturated heterocycles. The zero-order valence-electron chi connectivity index (χ0n) is 22.5. The fourth-order valence-electron chi connectivity index (χ4n) is 5.01. The SMILES string of the molecule is CO.O=C1CCC(O)(N2Cc3c(cc(O)c(O)c3OCc3c(O)c(O)c(CN4CCOCC4)c(O)c3O)C2=O)C(=O)N1. The molecule has 0 aromatic heterocycles. The minimum absolute atomic E-state index is 0.00414. The van der Waals surface area contributed by atoms with E-state index in [2.05, 4.69) is 0 Å². The van der Waals surface area contributed by atoms with Gasteiger partial charge in [-0.1, -0.05) is 0 Å². The molecule has 42 heavy (non-hydrogen) atoms. The van der Waals surface area contributed by atoms with Gasteiger partial charge in [-0.3, -0.25) is 29.5 Å². The molecule has 228 valence electrons. The van der Waals surface area contributed by atoms with Crippen molar-refractivity contribution in [2.24, 2.45) is 0 Å². The van der Waals surface area contributed by atoms with Crippen LogP contribution in [-0.2, 0) is 34.0 Å². The summed E-state index contributed by atoms with van der Waals surface area (Å²) in [5.74, 6) is -7.71. The van der Waals surface area contributed by atoms with Crippen LogP contribution in [-0.4, -0.2) is 108 Å². The Balaban J connectivity index is 0.00000198. The van der Waals surface area contributed by atoms with E-state index in [4.69, 9.17) is 14.6 Å². The first-order chi connectivity index (χ1) is 19.9. The number of amides is 3. The van der Waals surface area contributed by atoms with E-state index in [1.54, 1.807) is 0 Å². The molecule has 5 rings (SSSR count). The van der Waals surface area contributed by atoms with Crippen molar-refractivity contribution in [2.75, 3.05) is 33.4 Å².